The van der Waals surface area contributed by atoms with Crippen LogP contribution in [0.4, 0.5) is 13.2 Å². The number of ether oxygens (including phenoxy) is 2. The number of aromatic nitrogens is 4. The van der Waals surface area contributed by atoms with Crippen LogP contribution in [0.15, 0.2) is 42.5 Å². The normalized spacial score (nSPS) is 20.4. The third-order valence-electron chi connectivity index (χ3n) is 6.16. The highest BCUT2D eigenvalue weighted by molar-refractivity contribution is 7.18. The summed E-state index contributed by atoms with van der Waals surface area (Å²) in [6, 6.07) is 11.6. The van der Waals surface area contributed by atoms with Gasteiger partial charge in [-0.2, -0.15) is 23.3 Å². The maximum Gasteiger partial charge on any atom is 0.418 e. The number of thiazole rings is 1. The highest BCUT2D eigenvalue weighted by Crippen LogP contribution is 2.39. The Kier molecular flexibility index (Phi) is 7.70. The molecule has 4 atom stereocenters. The summed E-state index contributed by atoms with van der Waals surface area (Å²) in [6.07, 6.45) is -8.81. The van der Waals surface area contributed by atoms with Crippen LogP contribution in [0.3, 0.4) is 0 Å². The number of aryl methyl sites for hydroxylation is 2. The number of nitrogens with zero attached hydrogens (tertiary/aromatic N) is 5. The highest BCUT2D eigenvalue weighted by Gasteiger charge is 2.39. The molecular formula is C25H27F3N6O4S. The zero-order valence-electron chi connectivity index (χ0n) is 21.3. The summed E-state index contributed by atoms with van der Waals surface area (Å²) in [6.45, 7) is 3.05. The van der Waals surface area contributed by atoms with Gasteiger partial charge < -0.3 is 20.3 Å². The van der Waals surface area contributed by atoms with Crippen LogP contribution >= 0.6 is 11.3 Å². The molecule has 4 aromatic rings. The quantitative estimate of drug-likeness (QED) is 0.345. The molecule has 3 heterocycles. The number of aliphatic hydroxyl groups is 1. The zero-order valence-corrected chi connectivity index (χ0v) is 22.1. The van der Waals surface area contributed by atoms with Crippen LogP contribution in [0.2, 0.25) is 0 Å². The first kappa shape index (κ1) is 27.6. The van der Waals surface area contributed by atoms with Gasteiger partial charge in [0.15, 0.2) is 12.1 Å². The fourth-order valence-electron chi connectivity index (χ4n) is 4.31. The van der Waals surface area contributed by atoms with Gasteiger partial charge in [-0.05, 0) is 26.0 Å². The number of nitrogens with two attached hydrogens (primary N) is 1. The minimum Gasteiger partial charge on any atom is -0.389 e. The number of hydrogen-bond acceptors (Lipinski definition) is 10. The van der Waals surface area contributed by atoms with Crippen LogP contribution in [0.5, 0.6) is 0 Å². The van der Waals surface area contributed by atoms with Crippen LogP contribution in [-0.2, 0) is 20.5 Å². The Labute approximate surface area is 225 Å². The van der Waals surface area contributed by atoms with Gasteiger partial charge in [0.2, 0.25) is 6.29 Å². The van der Waals surface area contributed by atoms with Crippen molar-refractivity contribution in [2.45, 2.75) is 44.7 Å². The summed E-state index contributed by atoms with van der Waals surface area (Å²) in [7, 11) is 1.63. The van der Waals surface area contributed by atoms with Crippen LogP contribution in [-0.4, -0.2) is 62.4 Å². The van der Waals surface area contributed by atoms with Crippen molar-refractivity contribution in [3.63, 3.8) is 0 Å². The fraction of sp³-hybridized carbons (Fsp3) is 0.400. The van der Waals surface area contributed by atoms with Gasteiger partial charge in [-0.25, -0.2) is 14.6 Å². The standard InChI is InChI=1S/C25H27F3N6O4S/c1-13-30-23(34(32-13)18-10-20-17(31-14(2)39-20)9-16(18)25(26,27)28)22(19(35)11-29)37-21-12-36-24(38-33(21)3)15-7-5-4-6-8-15/h4-10,19,21-22,24,35H,11-12,29H2,1-3H3/t19-,21?,22?,24?/m0/s1. The Morgan fingerprint density at radius 1 is 1.21 bits per heavy atom. The van der Waals surface area contributed by atoms with Crippen LogP contribution < -0.4 is 5.73 Å². The summed E-state index contributed by atoms with van der Waals surface area (Å²) in [5.41, 5.74) is 5.59. The maximum absolute atomic E-state index is 14.2. The minimum atomic E-state index is -4.71. The first-order chi connectivity index (χ1) is 18.5. The third kappa shape index (κ3) is 5.68. The summed E-state index contributed by atoms with van der Waals surface area (Å²) >= 11 is 1.26. The summed E-state index contributed by atoms with van der Waals surface area (Å²) in [5, 5.41) is 17.1. The molecule has 0 radical (unpaired) electrons. The lowest BCUT2D eigenvalue weighted by molar-refractivity contribution is -0.386. The maximum atomic E-state index is 14.2. The van der Waals surface area contributed by atoms with Gasteiger partial charge in [-0.3, -0.25) is 4.84 Å². The molecule has 0 spiro atoms. The average Bonchev–Trinajstić information content (AvgIpc) is 3.47. The van der Waals surface area contributed by atoms with E-state index >= 15 is 0 Å². The third-order valence-corrected chi connectivity index (χ3v) is 7.10. The van der Waals surface area contributed by atoms with Crippen molar-refractivity contribution in [2.24, 2.45) is 5.73 Å². The minimum absolute atomic E-state index is 0.0386. The molecule has 0 saturated carbocycles. The van der Waals surface area contributed by atoms with E-state index in [4.69, 9.17) is 20.0 Å². The Morgan fingerprint density at radius 3 is 2.62 bits per heavy atom. The Balaban J connectivity index is 1.51. The van der Waals surface area contributed by atoms with E-state index in [9.17, 15) is 18.3 Å². The summed E-state index contributed by atoms with van der Waals surface area (Å²) in [5.74, 6) is 0.139. The number of fused-ring (bicyclic) bond motifs is 1. The van der Waals surface area contributed by atoms with Crippen LogP contribution in [0.1, 0.15) is 40.2 Å². The van der Waals surface area contributed by atoms with Crippen molar-refractivity contribution in [1.82, 2.24) is 24.8 Å². The molecule has 39 heavy (non-hydrogen) atoms. The number of benzene rings is 2. The van der Waals surface area contributed by atoms with E-state index in [1.165, 1.54) is 29.4 Å². The number of hydroxylamine groups is 2. The second-order valence-corrected chi connectivity index (χ2v) is 10.3. The topological polar surface area (TPSA) is 121 Å². The molecule has 0 amide bonds. The van der Waals surface area contributed by atoms with Crippen molar-refractivity contribution in [3.05, 3.63) is 70.2 Å². The predicted molar refractivity (Wildman–Crippen MR) is 136 cm³/mol. The molecule has 1 aliphatic heterocycles. The van der Waals surface area contributed by atoms with Crippen molar-refractivity contribution >= 4 is 21.6 Å². The van der Waals surface area contributed by atoms with Crippen LogP contribution in [0.25, 0.3) is 15.9 Å². The van der Waals surface area contributed by atoms with Gasteiger partial charge in [-0.1, -0.05) is 30.3 Å². The highest BCUT2D eigenvalue weighted by atomic mass is 32.1. The molecule has 1 saturated heterocycles. The van der Waals surface area contributed by atoms with E-state index in [-0.39, 0.29) is 36.0 Å². The summed E-state index contributed by atoms with van der Waals surface area (Å²) in [4.78, 5) is 14.4. The molecule has 10 nitrogen and oxygen atoms in total. The van der Waals surface area contributed by atoms with Gasteiger partial charge in [-0.15, -0.1) is 11.3 Å². The lowest BCUT2D eigenvalue weighted by atomic mass is 10.1. The number of aliphatic hydroxyl groups excluding tert-OH is 1. The second kappa shape index (κ2) is 10.9. The predicted octanol–water partition coefficient (Wildman–Crippen LogP) is 3.81. The van der Waals surface area contributed by atoms with Crippen molar-refractivity contribution < 1.29 is 32.6 Å². The summed E-state index contributed by atoms with van der Waals surface area (Å²) < 4.78 is 56.2. The van der Waals surface area contributed by atoms with E-state index in [0.29, 0.717) is 9.71 Å². The molecule has 3 N–H and O–H groups in total. The molecule has 3 unspecified atom stereocenters. The largest absolute Gasteiger partial charge is 0.418 e. The molecule has 2 aromatic heterocycles. The molecule has 0 bridgehead atoms. The number of likely N-dealkylation sites (N-methyl/N-ethyl adjacent to an activating group) is 1. The number of halogens is 3. The molecule has 208 valence electrons. The van der Waals surface area contributed by atoms with Gasteiger partial charge in [0.1, 0.15) is 11.9 Å². The second-order valence-electron chi connectivity index (χ2n) is 9.04. The van der Waals surface area contributed by atoms with Crippen molar-refractivity contribution in [2.75, 3.05) is 20.2 Å². The van der Waals surface area contributed by atoms with Crippen LogP contribution in [0, 0.1) is 13.8 Å². The number of alkyl halides is 3. The van der Waals surface area contributed by atoms with E-state index in [1.54, 1.807) is 14.0 Å². The monoisotopic (exact) mass is 564 g/mol. The van der Waals surface area contributed by atoms with Gasteiger partial charge in [0.25, 0.3) is 0 Å². The SMILES string of the molecule is Cc1nc(C(OC2COC(c3ccccc3)ON2C)[C@@H](O)CN)n(-c2cc3sc(C)nc3cc2C(F)(F)F)n1. The van der Waals surface area contributed by atoms with Crippen molar-refractivity contribution in [3.8, 4) is 5.69 Å². The first-order valence-corrected chi connectivity index (χ1v) is 12.9. The molecule has 5 rings (SSSR count). The van der Waals surface area contributed by atoms with E-state index in [0.717, 1.165) is 16.3 Å². The zero-order chi connectivity index (χ0) is 27.9. The average molecular weight is 565 g/mol. The van der Waals surface area contributed by atoms with Gasteiger partial charge >= 0.3 is 6.18 Å². The lowest BCUT2D eigenvalue weighted by Gasteiger charge is -2.38. The van der Waals surface area contributed by atoms with E-state index < -0.39 is 36.5 Å². The first-order valence-electron chi connectivity index (χ1n) is 12.1. The molecule has 1 aliphatic rings. The van der Waals surface area contributed by atoms with E-state index in [1.807, 2.05) is 30.3 Å². The molecule has 1 fully saturated rings. The van der Waals surface area contributed by atoms with E-state index in [2.05, 4.69) is 15.1 Å². The lowest BCUT2D eigenvalue weighted by Crippen LogP contribution is -2.46. The Morgan fingerprint density at radius 2 is 1.95 bits per heavy atom. The van der Waals surface area contributed by atoms with Gasteiger partial charge in [0, 0.05) is 19.2 Å². The Bertz CT molecular complexity index is 1450. The fourth-order valence-corrected chi connectivity index (χ4v) is 5.15. The van der Waals surface area contributed by atoms with Gasteiger partial charge in [0.05, 0.1) is 39.2 Å². The molecule has 2 aromatic carbocycles. The molecule has 0 aliphatic carbocycles. The van der Waals surface area contributed by atoms with Crippen molar-refractivity contribution in [1.29, 1.82) is 0 Å². The number of rotatable bonds is 7. The number of hydrogen-bond donors (Lipinski definition) is 2. The Hall–Kier alpha value is -2.98. The molecular weight excluding hydrogens is 537 g/mol. The molecule has 14 heteroatoms. The smallest absolute Gasteiger partial charge is 0.389 e.